The van der Waals surface area contributed by atoms with Crippen molar-refractivity contribution in [3.63, 3.8) is 0 Å². The summed E-state index contributed by atoms with van der Waals surface area (Å²) in [5.41, 5.74) is 3.70. The van der Waals surface area contributed by atoms with Crippen molar-refractivity contribution in [2.45, 2.75) is 32.7 Å². The number of carbonyl (C=O) groups excluding carboxylic acids is 2. The van der Waals surface area contributed by atoms with Crippen molar-refractivity contribution in [2.24, 2.45) is 0 Å². The van der Waals surface area contributed by atoms with Crippen molar-refractivity contribution in [3.8, 4) is 0 Å². The van der Waals surface area contributed by atoms with Crippen LogP contribution in [0.2, 0.25) is 0 Å². The van der Waals surface area contributed by atoms with Gasteiger partial charge in [-0.1, -0.05) is 37.3 Å². The van der Waals surface area contributed by atoms with Gasteiger partial charge >= 0.3 is 0 Å². The Balaban J connectivity index is 1.79. The minimum Gasteiger partial charge on any atom is -0.373 e. The topological polar surface area (TPSA) is 49.4 Å². The van der Waals surface area contributed by atoms with E-state index in [1.807, 2.05) is 55.5 Å². The van der Waals surface area contributed by atoms with Gasteiger partial charge in [0.15, 0.2) is 0 Å². The number of para-hydroxylation sites is 1. The first-order chi connectivity index (χ1) is 11.1. The predicted octanol–water partition coefficient (Wildman–Crippen LogP) is 3.30. The maximum absolute atomic E-state index is 12.6. The number of hydrogen-bond donors (Lipinski definition) is 1. The summed E-state index contributed by atoms with van der Waals surface area (Å²) in [4.78, 5) is 26.2. The van der Waals surface area contributed by atoms with Crippen molar-refractivity contribution in [1.29, 1.82) is 0 Å². The minimum absolute atomic E-state index is 0.160. The average Bonchev–Trinajstić information content (AvgIpc) is 2.83. The number of amides is 2. The molecular formula is C19H20N2O2. The van der Waals surface area contributed by atoms with E-state index < -0.39 is 6.04 Å². The lowest BCUT2D eigenvalue weighted by molar-refractivity contribution is -0.121. The second-order valence-corrected chi connectivity index (χ2v) is 5.81. The van der Waals surface area contributed by atoms with Crippen LogP contribution in [0.15, 0.2) is 48.5 Å². The number of rotatable bonds is 4. The molecule has 4 heteroatoms. The van der Waals surface area contributed by atoms with E-state index in [1.165, 1.54) is 10.5 Å². The minimum atomic E-state index is -0.505. The lowest BCUT2D eigenvalue weighted by Crippen LogP contribution is -2.35. The monoisotopic (exact) mass is 308 g/mol. The summed E-state index contributed by atoms with van der Waals surface area (Å²) in [6.07, 6.45) is 1.16. The molecule has 0 bridgehead atoms. The van der Waals surface area contributed by atoms with E-state index in [1.54, 1.807) is 0 Å². The van der Waals surface area contributed by atoms with Crippen LogP contribution in [0, 0.1) is 6.92 Å². The van der Waals surface area contributed by atoms with Gasteiger partial charge in [0, 0.05) is 5.69 Å². The molecule has 0 aromatic heterocycles. The summed E-state index contributed by atoms with van der Waals surface area (Å²) in [6, 6.07) is 14.9. The number of carbonyl (C=O) groups is 2. The van der Waals surface area contributed by atoms with Crippen LogP contribution in [0.1, 0.15) is 24.5 Å². The molecule has 0 aliphatic carbocycles. The quantitative estimate of drug-likeness (QED) is 0.882. The fourth-order valence-corrected chi connectivity index (χ4v) is 2.85. The Bertz CT molecular complexity index is 737. The van der Waals surface area contributed by atoms with Crippen LogP contribution in [-0.4, -0.2) is 17.9 Å². The van der Waals surface area contributed by atoms with E-state index in [2.05, 4.69) is 12.2 Å². The lowest BCUT2D eigenvalue weighted by atomic mass is 10.1. The summed E-state index contributed by atoms with van der Waals surface area (Å²) in [5, 5.41) is 3.18. The van der Waals surface area contributed by atoms with Crippen LogP contribution in [0.3, 0.4) is 0 Å². The number of nitrogens with zero attached hydrogens (tertiary/aromatic N) is 1. The van der Waals surface area contributed by atoms with Gasteiger partial charge in [0.25, 0.3) is 5.91 Å². The van der Waals surface area contributed by atoms with Crippen LogP contribution in [0.25, 0.3) is 0 Å². The highest BCUT2D eigenvalue weighted by Crippen LogP contribution is 2.27. The SMILES string of the molecule is CCc1ccc(N[C@H]2CC(=O)N(c3ccccc3C)C2=O)cc1. The first-order valence-electron chi connectivity index (χ1n) is 7.88. The van der Waals surface area contributed by atoms with Crippen LogP contribution in [0.4, 0.5) is 11.4 Å². The fourth-order valence-electron chi connectivity index (χ4n) is 2.85. The van der Waals surface area contributed by atoms with Crippen molar-refractivity contribution < 1.29 is 9.59 Å². The van der Waals surface area contributed by atoms with Crippen molar-refractivity contribution in [1.82, 2.24) is 0 Å². The predicted molar refractivity (Wildman–Crippen MR) is 91.5 cm³/mol. The molecule has 1 heterocycles. The summed E-state index contributed by atoms with van der Waals surface area (Å²) in [7, 11) is 0. The zero-order valence-electron chi connectivity index (χ0n) is 13.4. The maximum Gasteiger partial charge on any atom is 0.256 e. The highest BCUT2D eigenvalue weighted by Gasteiger charge is 2.39. The van der Waals surface area contributed by atoms with Gasteiger partial charge in [0.1, 0.15) is 6.04 Å². The van der Waals surface area contributed by atoms with Crippen LogP contribution in [0.5, 0.6) is 0 Å². The van der Waals surface area contributed by atoms with Crippen LogP contribution in [-0.2, 0) is 16.0 Å². The molecule has 2 aromatic rings. The van der Waals surface area contributed by atoms with Gasteiger partial charge < -0.3 is 5.32 Å². The average molecular weight is 308 g/mol. The fraction of sp³-hybridized carbons (Fsp3) is 0.263. The third-order valence-corrected chi connectivity index (χ3v) is 4.21. The molecule has 1 aliphatic rings. The van der Waals surface area contributed by atoms with E-state index >= 15 is 0 Å². The van der Waals surface area contributed by atoms with Gasteiger partial charge in [-0.15, -0.1) is 0 Å². The smallest absolute Gasteiger partial charge is 0.256 e. The summed E-state index contributed by atoms with van der Waals surface area (Å²) < 4.78 is 0. The van der Waals surface area contributed by atoms with Gasteiger partial charge in [-0.25, -0.2) is 4.90 Å². The van der Waals surface area contributed by atoms with Gasteiger partial charge in [0.2, 0.25) is 5.91 Å². The molecule has 1 fully saturated rings. The molecule has 2 aromatic carbocycles. The molecule has 1 saturated heterocycles. The Hall–Kier alpha value is -2.62. The Morgan fingerprint density at radius 1 is 1.09 bits per heavy atom. The number of benzene rings is 2. The third-order valence-electron chi connectivity index (χ3n) is 4.21. The Kier molecular flexibility index (Phi) is 4.15. The number of aryl methyl sites for hydroxylation is 2. The highest BCUT2D eigenvalue weighted by molar-refractivity contribution is 6.23. The summed E-state index contributed by atoms with van der Waals surface area (Å²) in [6.45, 7) is 4.00. The molecule has 0 radical (unpaired) electrons. The van der Waals surface area contributed by atoms with E-state index in [0.717, 1.165) is 17.7 Å². The number of hydrogen-bond acceptors (Lipinski definition) is 3. The number of nitrogens with one attached hydrogen (secondary N) is 1. The molecule has 0 spiro atoms. The summed E-state index contributed by atoms with van der Waals surface area (Å²) in [5.74, 6) is -0.351. The maximum atomic E-state index is 12.6. The molecule has 4 nitrogen and oxygen atoms in total. The Labute approximate surface area is 136 Å². The van der Waals surface area contributed by atoms with Crippen LogP contribution < -0.4 is 10.2 Å². The van der Waals surface area contributed by atoms with Crippen molar-refractivity contribution in [2.75, 3.05) is 10.2 Å². The van der Waals surface area contributed by atoms with E-state index in [9.17, 15) is 9.59 Å². The van der Waals surface area contributed by atoms with Crippen LogP contribution >= 0.6 is 0 Å². The van der Waals surface area contributed by atoms with Crippen molar-refractivity contribution >= 4 is 23.2 Å². The molecule has 0 unspecified atom stereocenters. The molecule has 1 N–H and O–H groups in total. The zero-order valence-corrected chi connectivity index (χ0v) is 13.4. The second-order valence-electron chi connectivity index (χ2n) is 5.81. The van der Waals surface area contributed by atoms with Crippen molar-refractivity contribution in [3.05, 3.63) is 59.7 Å². The highest BCUT2D eigenvalue weighted by atomic mass is 16.2. The second kappa shape index (κ2) is 6.24. The molecule has 1 aliphatic heterocycles. The normalized spacial score (nSPS) is 17.7. The molecule has 2 amide bonds. The van der Waals surface area contributed by atoms with E-state index in [0.29, 0.717) is 5.69 Å². The largest absolute Gasteiger partial charge is 0.373 e. The molecule has 1 atom stereocenters. The zero-order chi connectivity index (χ0) is 16.4. The first-order valence-corrected chi connectivity index (χ1v) is 7.88. The van der Waals surface area contributed by atoms with E-state index in [-0.39, 0.29) is 18.2 Å². The number of anilines is 2. The summed E-state index contributed by atoms with van der Waals surface area (Å²) >= 11 is 0. The van der Waals surface area contributed by atoms with Gasteiger partial charge in [-0.2, -0.15) is 0 Å². The standard InChI is InChI=1S/C19H20N2O2/c1-3-14-8-10-15(11-9-14)20-16-12-18(22)21(19(16)23)17-7-5-4-6-13(17)2/h4-11,16,20H,3,12H2,1-2H3/t16-/m0/s1. The van der Waals surface area contributed by atoms with E-state index in [4.69, 9.17) is 0 Å². The Morgan fingerprint density at radius 3 is 2.43 bits per heavy atom. The van der Waals surface area contributed by atoms with Gasteiger partial charge in [-0.3, -0.25) is 9.59 Å². The van der Waals surface area contributed by atoms with Gasteiger partial charge in [-0.05, 0) is 42.7 Å². The van der Waals surface area contributed by atoms with Gasteiger partial charge in [0.05, 0.1) is 12.1 Å². The molecular weight excluding hydrogens is 288 g/mol. The number of imide groups is 1. The molecule has 23 heavy (non-hydrogen) atoms. The lowest BCUT2D eigenvalue weighted by Gasteiger charge is -2.18. The third kappa shape index (κ3) is 2.97. The molecule has 0 saturated carbocycles. The Morgan fingerprint density at radius 2 is 1.78 bits per heavy atom. The molecule has 118 valence electrons. The first kappa shape index (κ1) is 15.3. The molecule has 3 rings (SSSR count).